The van der Waals surface area contributed by atoms with E-state index in [-0.39, 0.29) is 0 Å². The number of nitrogens with one attached hydrogen (secondary N) is 1. The van der Waals surface area contributed by atoms with Gasteiger partial charge >= 0.3 is 0 Å². The Kier molecular flexibility index (Phi) is 3.55. The van der Waals surface area contributed by atoms with Crippen molar-refractivity contribution in [3.63, 3.8) is 0 Å². The molecule has 0 amide bonds. The third-order valence-corrected chi connectivity index (χ3v) is 1.74. The van der Waals surface area contributed by atoms with Gasteiger partial charge in [0.15, 0.2) is 0 Å². The summed E-state index contributed by atoms with van der Waals surface area (Å²) >= 11 is 0. The normalized spacial score (nSPS) is 9.75. The van der Waals surface area contributed by atoms with Crippen LogP contribution in [0.25, 0.3) is 0 Å². The van der Waals surface area contributed by atoms with Gasteiger partial charge in [-0.15, -0.1) is 6.58 Å². The van der Waals surface area contributed by atoms with E-state index >= 15 is 0 Å². The maximum Gasteiger partial charge on any atom is 0.0208 e. The number of rotatable bonds is 4. The second-order valence-electron chi connectivity index (χ2n) is 2.91. The molecule has 0 aromatic heterocycles. The maximum atomic E-state index is 3.64. The minimum atomic E-state index is 0.869. The van der Waals surface area contributed by atoms with Crippen LogP contribution in [0.1, 0.15) is 11.1 Å². The van der Waals surface area contributed by atoms with Crippen LogP contribution in [0.3, 0.4) is 0 Å². The average Bonchev–Trinajstić information content (AvgIpc) is 2.09. The minimum absolute atomic E-state index is 0.869. The van der Waals surface area contributed by atoms with Crippen molar-refractivity contribution in [3.8, 4) is 0 Å². The first-order valence-corrected chi connectivity index (χ1v) is 4.20. The van der Waals surface area contributed by atoms with Crippen molar-refractivity contribution < 1.29 is 0 Å². The second-order valence-corrected chi connectivity index (χ2v) is 2.91. The highest BCUT2D eigenvalue weighted by atomic mass is 14.8. The molecule has 0 aliphatic carbocycles. The molecule has 64 valence electrons. The summed E-state index contributed by atoms with van der Waals surface area (Å²) < 4.78 is 0. The Bertz CT molecular complexity index is 236. The zero-order chi connectivity index (χ0) is 8.81. The van der Waals surface area contributed by atoms with Crippen LogP contribution in [0, 0.1) is 6.92 Å². The van der Waals surface area contributed by atoms with Gasteiger partial charge in [-0.2, -0.15) is 0 Å². The fourth-order valence-electron chi connectivity index (χ4n) is 1.02. The van der Waals surface area contributed by atoms with Gasteiger partial charge in [0.25, 0.3) is 0 Å². The first-order valence-electron chi connectivity index (χ1n) is 4.20. The molecule has 0 saturated carbocycles. The van der Waals surface area contributed by atoms with E-state index in [1.165, 1.54) is 11.1 Å². The minimum Gasteiger partial charge on any atom is -0.309 e. The van der Waals surface area contributed by atoms with Gasteiger partial charge in [-0.3, -0.25) is 0 Å². The molecule has 0 spiro atoms. The Morgan fingerprint density at radius 1 is 1.33 bits per heavy atom. The van der Waals surface area contributed by atoms with E-state index in [1.54, 1.807) is 0 Å². The second kappa shape index (κ2) is 4.73. The van der Waals surface area contributed by atoms with Crippen LogP contribution in [0.15, 0.2) is 36.9 Å². The smallest absolute Gasteiger partial charge is 0.0208 e. The predicted octanol–water partition coefficient (Wildman–Crippen LogP) is 2.27. The Morgan fingerprint density at radius 3 is 2.58 bits per heavy atom. The molecule has 1 nitrogen and oxygen atoms in total. The first-order chi connectivity index (χ1) is 5.83. The molecule has 0 aliphatic rings. The van der Waals surface area contributed by atoms with E-state index in [0.717, 1.165) is 13.1 Å². The molecule has 0 aliphatic heterocycles. The largest absolute Gasteiger partial charge is 0.309 e. The molecule has 1 rings (SSSR count). The van der Waals surface area contributed by atoms with Gasteiger partial charge in [0.1, 0.15) is 0 Å². The highest BCUT2D eigenvalue weighted by Crippen LogP contribution is 2.01. The quantitative estimate of drug-likeness (QED) is 0.527. The van der Waals surface area contributed by atoms with E-state index in [0.29, 0.717) is 0 Å². The van der Waals surface area contributed by atoms with Crippen molar-refractivity contribution in [1.82, 2.24) is 5.32 Å². The lowest BCUT2D eigenvalue weighted by Gasteiger charge is -2.01. The fourth-order valence-corrected chi connectivity index (χ4v) is 1.02. The summed E-state index contributed by atoms with van der Waals surface area (Å²) in [7, 11) is 0. The summed E-state index contributed by atoms with van der Waals surface area (Å²) in [6.07, 6.45) is 1.87. The molecule has 0 bridgehead atoms. The van der Waals surface area contributed by atoms with Crippen molar-refractivity contribution in [1.29, 1.82) is 0 Å². The standard InChI is InChI=1S/C11H15N/c1-3-8-12-9-11-6-4-10(2)5-7-11/h3-7,12H,1,8-9H2,2H3. The van der Waals surface area contributed by atoms with E-state index < -0.39 is 0 Å². The van der Waals surface area contributed by atoms with Crippen LogP contribution in [0.4, 0.5) is 0 Å². The monoisotopic (exact) mass is 161 g/mol. The van der Waals surface area contributed by atoms with Crippen LogP contribution in [0.5, 0.6) is 0 Å². The predicted molar refractivity (Wildman–Crippen MR) is 53.1 cm³/mol. The number of benzene rings is 1. The highest BCUT2D eigenvalue weighted by molar-refractivity contribution is 5.21. The molecular formula is C11H15N. The van der Waals surface area contributed by atoms with Gasteiger partial charge in [-0.25, -0.2) is 0 Å². The van der Waals surface area contributed by atoms with Crippen LogP contribution in [-0.4, -0.2) is 6.54 Å². The van der Waals surface area contributed by atoms with E-state index in [2.05, 4.69) is 43.1 Å². The molecule has 0 fully saturated rings. The lowest BCUT2D eigenvalue weighted by atomic mass is 10.1. The van der Waals surface area contributed by atoms with Gasteiger partial charge in [-0.05, 0) is 12.5 Å². The Labute approximate surface area is 74.1 Å². The molecule has 0 radical (unpaired) electrons. The average molecular weight is 161 g/mol. The lowest BCUT2D eigenvalue weighted by molar-refractivity contribution is 0.760. The molecule has 0 heterocycles. The summed E-state index contributed by atoms with van der Waals surface area (Å²) in [5.41, 5.74) is 2.63. The topological polar surface area (TPSA) is 12.0 Å². The number of aryl methyl sites for hydroxylation is 1. The zero-order valence-electron chi connectivity index (χ0n) is 7.51. The molecule has 1 aromatic rings. The SMILES string of the molecule is C=CCNCc1ccc(C)cc1. The third kappa shape index (κ3) is 2.89. The lowest BCUT2D eigenvalue weighted by Crippen LogP contribution is -2.12. The molecular weight excluding hydrogens is 146 g/mol. The van der Waals surface area contributed by atoms with Crippen LogP contribution >= 0.6 is 0 Å². The van der Waals surface area contributed by atoms with E-state index in [1.807, 2.05) is 6.08 Å². The van der Waals surface area contributed by atoms with Gasteiger partial charge in [0.05, 0.1) is 0 Å². The molecule has 1 heteroatoms. The summed E-state index contributed by atoms with van der Waals surface area (Å²) in [6, 6.07) is 8.55. The van der Waals surface area contributed by atoms with Crippen LogP contribution in [0.2, 0.25) is 0 Å². The summed E-state index contributed by atoms with van der Waals surface area (Å²) in [5.74, 6) is 0. The zero-order valence-corrected chi connectivity index (χ0v) is 7.51. The van der Waals surface area contributed by atoms with E-state index in [9.17, 15) is 0 Å². The van der Waals surface area contributed by atoms with Gasteiger partial charge in [-0.1, -0.05) is 35.9 Å². The van der Waals surface area contributed by atoms with Crippen LogP contribution < -0.4 is 5.32 Å². The fraction of sp³-hybridized carbons (Fsp3) is 0.273. The molecule has 1 N–H and O–H groups in total. The third-order valence-electron chi connectivity index (χ3n) is 1.74. The van der Waals surface area contributed by atoms with Gasteiger partial charge < -0.3 is 5.32 Å². The van der Waals surface area contributed by atoms with E-state index in [4.69, 9.17) is 0 Å². The summed E-state index contributed by atoms with van der Waals surface area (Å²) in [5, 5.41) is 3.25. The Balaban J connectivity index is 2.42. The molecule has 1 aromatic carbocycles. The first kappa shape index (κ1) is 9.01. The molecule has 0 saturated heterocycles. The summed E-state index contributed by atoms with van der Waals surface area (Å²) in [6.45, 7) is 7.53. The Hall–Kier alpha value is -1.08. The van der Waals surface area contributed by atoms with Crippen molar-refractivity contribution >= 4 is 0 Å². The molecule has 12 heavy (non-hydrogen) atoms. The number of hydrogen-bond donors (Lipinski definition) is 1. The molecule has 0 unspecified atom stereocenters. The molecule has 0 atom stereocenters. The summed E-state index contributed by atoms with van der Waals surface area (Å²) in [4.78, 5) is 0. The maximum absolute atomic E-state index is 3.64. The van der Waals surface area contributed by atoms with Gasteiger partial charge in [0, 0.05) is 13.1 Å². The Morgan fingerprint density at radius 2 is 2.00 bits per heavy atom. The number of hydrogen-bond acceptors (Lipinski definition) is 1. The van der Waals surface area contributed by atoms with Crippen molar-refractivity contribution in [3.05, 3.63) is 48.0 Å². The van der Waals surface area contributed by atoms with Crippen molar-refractivity contribution in [2.24, 2.45) is 0 Å². The van der Waals surface area contributed by atoms with Gasteiger partial charge in [0.2, 0.25) is 0 Å². The van der Waals surface area contributed by atoms with Crippen LogP contribution in [-0.2, 0) is 6.54 Å². The highest BCUT2D eigenvalue weighted by Gasteiger charge is 1.89. The van der Waals surface area contributed by atoms with Crippen molar-refractivity contribution in [2.75, 3.05) is 6.54 Å². The van der Waals surface area contributed by atoms with Crippen molar-refractivity contribution in [2.45, 2.75) is 13.5 Å².